The van der Waals surface area contributed by atoms with Crippen molar-refractivity contribution in [3.8, 4) is 0 Å². The molecule has 0 aromatic heterocycles. The van der Waals surface area contributed by atoms with E-state index in [-0.39, 0.29) is 12.5 Å². The first kappa shape index (κ1) is 68.3. The van der Waals surface area contributed by atoms with Crippen molar-refractivity contribution >= 4 is 5.91 Å². The molecular formula is C65H107NO8. The molecule has 1 aliphatic heterocycles. The second-order valence-electron chi connectivity index (χ2n) is 19.7. The van der Waals surface area contributed by atoms with Crippen LogP contribution in [0, 0.1) is 0 Å². The van der Waals surface area contributed by atoms with Gasteiger partial charge < -0.3 is 40.3 Å². The van der Waals surface area contributed by atoms with Crippen molar-refractivity contribution in [3.05, 3.63) is 134 Å². The maximum atomic E-state index is 13.1. The van der Waals surface area contributed by atoms with E-state index in [4.69, 9.17) is 9.47 Å². The Hall–Kier alpha value is -3.67. The molecule has 9 nitrogen and oxygen atoms in total. The van der Waals surface area contributed by atoms with E-state index in [1.165, 1.54) is 77.0 Å². The van der Waals surface area contributed by atoms with E-state index in [9.17, 15) is 30.3 Å². The largest absolute Gasteiger partial charge is 0.394 e. The van der Waals surface area contributed by atoms with Gasteiger partial charge in [0.1, 0.15) is 24.4 Å². The standard InChI is InChI=1S/C65H107NO8/c1-3-5-7-9-11-13-15-17-19-21-23-24-25-26-27-28-29-30-31-32-33-34-35-36-37-39-41-43-45-47-49-51-53-55-61(69)66-58(57-73-65-64(72)63(71)62(70)60(56-67)74-65)59(68)54-52-50-48-46-44-42-40-38-22-20-18-16-14-12-10-8-6-4-2/h5,7,11,13,17,19,23-24,26-27,29-30,32-33,35-36,39,41,44,46,52,54,58-60,62-65,67-68,70-72H,3-4,6,8-10,12,14-16,18,20-22,25,28,31,34,37-38,40,42-43,45,47-51,53,55-57H2,1-2H3,(H,66,69)/b7-5-,13-11-,19-17-,24-23-,27-26-,30-29-,33-32-,36-35-,41-39-,46-44+,54-52+. The Morgan fingerprint density at radius 2 is 0.851 bits per heavy atom. The van der Waals surface area contributed by atoms with Gasteiger partial charge in [0.25, 0.3) is 0 Å². The first-order valence-corrected chi connectivity index (χ1v) is 29.4. The van der Waals surface area contributed by atoms with Gasteiger partial charge in [0.15, 0.2) is 6.29 Å². The predicted molar refractivity (Wildman–Crippen MR) is 313 cm³/mol. The predicted octanol–water partition coefficient (Wildman–Crippen LogP) is 14.9. The molecule has 74 heavy (non-hydrogen) atoms. The van der Waals surface area contributed by atoms with Gasteiger partial charge in [-0.25, -0.2) is 0 Å². The van der Waals surface area contributed by atoms with E-state index in [1.54, 1.807) is 6.08 Å². The summed E-state index contributed by atoms with van der Waals surface area (Å²) in [6, 6.07) is -0.843. The third-order valence-electron chi connectivity index (χ3n) is 13.0. The highest BCUT2D eigenvalue weighted by molar-refractivity contribution is 5.76. The number of aliphatic hydroxyl groups is 5. The lowest BCUT2D eigenvalue weighted by molar-refractivity contribution is -0.302. The Morgan fingerprint density at radius 3 is 1.30 bits per heavy atom. The number of rotatable bonds is 48. The van der Waals surface area contributed by atoms with E-state index >= 15 is 0 Å². The number of aliphatic hydroxyl groups excluding tert-OH is 5. The number of hydrogen-bond donors (Lipinski definition) is 6. The fourth-order valence-electron chi connectivity index (χ4n) is 8.34. The van der Waals surface area contributed by atoms with Crippen LogP contribution >= 0.6 is 0 Å². The zero-order valence-electron chi connectivity index (χ0n) is 46.5. The normalized spacial score (nSPS) is 20.0. The number of nitrogens with one attached hydrogen (secondary N) is 1. The van der Waals surface area contributed by atoms with Crippen LogP contribution in [0.2, 0.25) is 0 Å². The molecule has 1 saturated heterocycles. The molecule has 7 unspecified atom stereocenters. The Labute approximate surface area is 451 Å². The van der Waals surface area contributed by atoms with Crippen LogP contribution in [-0.2, 0) is 14.3 Å². The summed E-state index contributed by atoms with van der Waals surface area (Å²) in [6.07, 6.45) is 73.7. The van der Waals surface area contributed by atoms with E-state index in [2.05, 4.69) is 141 Å². The topological polar surface area (TPSA) is 149 Å². The fraction of sp³-hybridized carbons (Fsp3) is 0.646. The van der Waals surface area contributed by atoms with Gasteiger partial charge in [0.2, 0.25) is 5.91 Å². The Balaban J connectivity index is 2.27. The zero-order chi connectivity index (χ0) is 53.6. The molecule has 0 radical (unpaired) electrons. The monoisotopic (exact) mass is 1030 g/mol. The number of amides is 1. The summed E-state index contributed by atoms with van der Waals surface area (Å²) in [5, 5.41) is 54.5. The van der Waals surface area contributed by atoms with Gasteiger partial charge in [-0.05, 0) is 103 Å². The third kappa shape index (κ3) is 41.6. The first-order valence-electron chi connectivity index (χ1n) is 29.4. The molecule has 6 N–H and O–H groups in total. The minimum atomic E-state index is -1.58. The second kappa shape index (κ2) is 52.8. The van der Waals surface area contributed by atoms with E-state index < -0.39 is 49.5 Å². The van der Waals surface area contributed by atoms with Gasteiger partial charge in [-0.3, -0.25) is 4.79 Å². The lowest BCUT2D eigenvalue weighted by Crippen LogP contribution is -2.60. The van der Waals surface area contributed by atoms with E-state index in [0.717, 1.165) is 116 Å². The Kier molecular flexibility index (Phi) is 48.7. The van der Waals surface area contributed by atoms with E-state index in [1.807, 2.05) is 6.08 Å². The van der Waals surface area contributed by atoms with Crippen molar-refractivity contribution in [2.24, 2.45) is 0 Å². The SMILES string of the molecule is CC/C=C\C/C=C\C/C=C\C/C=C\C/C=C\C/C=C\C/C=C\C/C=C\C/C=C\CCCCCCCC(=O)NC(COC1OC(CO)C(O)C(O)C1O)C(O)/C=C/CC/C=C/CCCCCCCCCCCCCC. The number of hydrogen-bond acceptors (Lipinski definition) is 8. The highest BCUT2D eigenvalue weighted by Gasteiger charge is 2.44. The van der Waals surface area contributed by atoms with Gasteiger partial charge >= 0.3 is 0 Å². The van der Waals surface area contributed by atoms with Crippen LogP contribution in [0.1, 0.15) is 213 Å². The molecule has 0 saturated carbocycles. The summed E-state index contributed by atoms with van der Waals surface area (Å²) in [4.78, 5) is 13.1. The molecule has 9 heteroatoms. The van der Waals surface area contributed by atoms with Crippen molar-refractivity contribution in [2.75, 3.05) is 13.2 Å². The molecular weight excluding hydrogens is 923 g/mol. The number of ether oxygens (including phenoxy) is 2. The number of carbonyl (C=O) groups excluding carboxylic acids is 1. The molecule has 7 atom stereocenters. The molecule has 420 valence electrons. The van der Waals surface area contributed by atoms with Crippen LogP contribution in [0.15, 0.2) is 134 Å². The van der Waals surface area contributed by atoms with Gasteiger partial charge in [-0.2, -0.15) is 0 Å². The molecule has 0 aliphatic carbocycles. The zero-order valence-corrected chi connectivity index (χ0v) is 46.5. The average molecular weight is 1030 g/mol. The molecule has 1 rings (SSSR count). The van der Waals surface area contributed by atoms with Crippen LogP contribution in [-0.4, -0.2) is 87.5 Å². The van der Waals surface area contributed by atoms with Crippen LogP contribution in [0.3, 0.4) is 0 Å². The van der Waals surface area contributed by atoms with Gasteiger partial charge in [-0.15, -0.1) is 0 Å². The summed E-state index contributed by atoms with van der Waals surface area (Å²) in [6.45, 7) is 3.63. The molecule has 1 aliphatic rings. The maximum Gasteiger partial charge on any atom is 0.220 e. The number of allylic oxidation sites excluding steroid dienone is 21. The minimum Gasteiger partial charge on any atom is -0.394 e. The van der Waals surface area contributed by atoms with Crippen molar-refractivity contribution in [3.63, 3.8) is 0 Å². The molecule has 1 amide bonds. The summed E-state index contributed by atoms with van der Waals surface area (Å²) >= 11 is 0. The van der Waals surface area contributed by atoms with Crippen molar-refractivity contribution < 1.29 is 39.8 Å². The lowest BCUT2D eigenvalue weighted by atomic mass is 9.99. The van der Waals surface area contributed by atoms with Gasteiger partial charge in [0, 0.05) is 6.42 Å². The fourth-order valence-corrected chi connectivity index (χ4v) is 8.34. The first-order chi connectivity index (χ1) is 36.3. The lowest BCUT2D eigenvalue weighted by Gasteiger charge is -2.40. The number of carbonyl (C=O) groups is 1. The molecule has 0 spiro atoms. The van der Waals surface area contributed by atoms with Crippen molar-refractivity contribution in [1.82, 2.24) is 5.32 Å². The van der Waals surface area contributed by atoms with E-state index in [0.29, 0.717) is 6.42 Å². The highest BCUT2D eigenvalue weighted by Crippen LogP contribution is 2.23. The molecule has 0 aromatic rings. The highest BCUT2D eigenvalue weighted by atomic mass is 16.7. The van der Waals surface area contributed by atoms with Crippen LogP contribution in [0.4, 0.5) is 0 Å². The summed E-state index contributed by atoms with van der Waals surface area (Å²) < 4.78 is 11.2. The van der Waals surface area contributed by atoms with Crippen molar-refractivity contribution in [1.29, 1.82) is 0 Å². The third-order valence-corrected chi connectivity index (χ3v) is 13.0. The van der Waals surface area contributed by atoms with Crippen molar-refractivity contribution in [2.45, 2.75) is 256 Å². The van der Waals surface area contributed by atoms with Crippen LogP contribution in [0.5, 0.6) is 0 Å². The average Bonchev–Trinajstić information content (AvgIpc) is 3.40. The maximum absolute atomic E-state index is 13.1. The van der Waals surface area contributed by atoms with Gasteiger partial charge in [0.05, 0.1) is 25.4 Å². The summed E-state index contributed by atoms with van der Waals surface area (Å²) in [5.74, 6) is -0.211. The Morgan fingerprint density at radius 1 is 0.473 bits per heavy atom. The molecule has 1 heterocycles. The second-order valence-corrected chi connectivity index (χ2v) is 19.7. The summed E-state index contributed by atoms with van der Waals surface area (Å²) in [7, 11) is 0. The Bertz CT molecular complexity index is 1620. The minimum absolute atomic E-state index is 0.211. The molecule has 1 fully saturated rings. The van der Waals surface area contributed by atoms with Crippen LogP contribution in [0.25, 0.3) is 0 Å². The van der Waals surface area contributed by atoms with Gasteiger partial charge in [-0.1, -0.05) is 237 Å². The smallest absolute Gasteiger partial charge is 0.220 e. The quantitative estimate of drug-likeness (QED) is 0.0261. The number of unbranched alkanes of at least 4 members (excludes halogenated alkanes) is 18. The molecule has 0 bridgehead atoms. The van der Waals surface area contributed by atoms with Crippen LogP contribution < -0.4 is 5.32 Å². The summed E-state index contributed by atoms with van der Waals surface area (Å²) in [5.41, 5.74) is 0. The molecule has 0 aromatic carbocycles.